The summed E-state index contributed by atoms with van der Waals surface area (Å²) in [4.78, 5) is 12.3. The number of benzene rings is 3. The van der Waals surface area contributed by atoms with Gasteiger partial charge in [-0.3, -0.25) is 4.79 Å². The molecule has 0 radical (unpaired) electrons. The van der Waals surface area contributed by atoms with Crippen LogP contribution in [0.3, 0.4) is 0 Å². The van der Waals surface area contributed by atoms with E-state index in [1.807, 2.05) is 73.7 Å². The Kier molecular flexibility index (Phi) is 6.52. The van der Waals surface area contributed by atoms with Crippen LogP contribution in [0.2, 0.25) is 0 Å². The van der Waals surface area contributed by atoms with Crippen LogP contribution in [0, 0.1) is 6.92 Å². The van der Waals surface area contributed by atoms with Crippen LogP contribution in [0.25, 0.3) is 0 Å². The van der Waals surface area contributed by atoms with Gasteiger partial charge in [0.15, 0.2) is 17.2 Å². The molecule has 0 aliphatic carbocycles. The molecule has 0 saturated carbocycles. The Morgan fingerprint density at radius 1 is 0.857 bits per heavy atom. The molecule has 0 fully saturated rings. The molecule has 5 heteroatoms. The van der Waals surface area contributed by atoms with Gasteiger partial charge in [0.25, 0.3) is 0 Å². The van der Waals surface area contributed by atoms with Crippen molar-refractivity contribution < 1.29 is 19.0 Å². The highest BCUT2D eigenvalue weighted by atomic mass is 16.5. The number of hydrogen-bond donors (Lipinski definition) is 1. The number of aryl methyl sites for hydroxylation is 1. The zero-order valence-corrected chi connectivity index (χ0v) is 16.0. The lowest BCUT2D eigenvalue weighted by molar-refractivity contribution is -0.116. The number of para-hydroxylation sites is 4. The number of anilines is 1. The molecule has 0 aliphatic rings. The third-order valence-electron chi connectivity index (χ3n) is 4.07. The molecule has 0 spiro atoms. The molecule has 0 atom stereocenters. The summed E-state index contributed by atoms with van der Waals surface area (Å²) >= 11 is 0. The van der Waals surface area contributed by atoms with Crippen molar-refractivity contribution in [1.82, 2.24) is 0 Å². The molecule has 0 aliphatic heterocycles. The molecule has 1 amide bonds. The summed E-state index contributed by atoms with van der Waals surface area (Å²) in [6.07, 6.45) is 0.205. The molecule has 0 saturated heterocycles. The molecule has 3 aromatic rings. The van der Waals surface area contributed by atoms with E-state index < -0.39 is 0 Å². The standard InChI is InChI=1S/C23H23NO4/c1-17-11-13-18(14-12-17)28-20-8-4-3-7-19(20)24-23(25)15-16-27-22-10-6-5-9-21(22)26-2/h3-14H,15-16H2,1-2H3,(H,24,25). The summed E-state index contributed by atoms with van der Waals surface area (Å²) in [5.41, 5.74) is 1.77. The predicted molar refractivity (Wildman–Crippen MR) is 109 cm³/mol. The van der Waals surface area contributed by atoms with Gasteiger partial charge in [-0.05, 0) is 43.3 Å². The largest absolute Gasteiger partial charge is 0.493 e. The van der Waals surface area contributed by atoms with Gasteiger partial charge >= 0.3 is 0 Å². The molecule has 0 bridgehead atoms. The van der Waals surface area contributed by atoms with Gasteiger partial charge in [-0.15, -0.1) is 0 Å². The molecule has 144 valence electrons. The third-order valence-corrected chi connectivity index (χ3v) is 4.07. The van der Waals surface area contributed by atoms with E-state index in [2.05, 4.69) is 5.32 Å². The summed E-state index contributed by atoms with van der Waals surface area (Å²) in [5, 5.41) is 2.88. The van der Waals surface area contributed by atoms with Crippen molar-refractivity contribution in [1.29, 1.82) is 0 Å². The maximum absolute atomic E-state index is 12.3. The Bertz CT molecular complexity index is 922. The predicted octanol–water partition coefficient (Wildman–Crippen LogP) is 5.20. The fourth-order valence-electron chi connectivity index (χ4n) is 2.60. The Labute approximate surface area is 164 Å². The van der Waals surface area contributed by atoms with E-state index in [1.54, 1.807) is 13.2 Å². The minimum Gasteiger partial charge on any atom is -0.493 e. The van der Waals surface area contributed by atoms with Crippen LogP contribution in [0.4, 0.5) is 5.69 Å². The van der Waals surface area contributed by atoms with Crippen molar-refractivity contribution >= 4 is 11.6 Å². The highest BCUT2D eigenvalue weighted by molar-refractivity contribution is 5.92. The number of hydrogen-bond acceptors (Lipinski definition) is 4. The number of carbonyl (C=O) groups is 1. The first-order valence-corrected chi connectivity index (χ1v) is 9.05. The normalized spacial score (nSPS) is 10.2. The zero-order chi connectivity index (χ0) is 19.8. The van der Waals surface area contributed by atoms with Gasteiger partial charge in [0, 0.05) is 0 Å². The topological polar surface area (TPSA) is 56.8 Å². The van der Waals surface area contributed by atoms with Gasteiger partial charge in [0.2, 0.25) is 5.91 Å². The Morgan fingerprint density at radius 2 is 1.50 bits per heavy atom. The molecular formula is C23H23NO4. The van der Waals surface area contributed by atoms with Gasteiger partial charge < -0.3 is 19.5 Å². The Balaban J connectivity index is 1.57. The second-order valence-electron chi connectivity index (χ2n) is 6.21. The molecule has 1 N–H and O–H groups in total. The fourth-order valence-corrected chi connectivity index (χ4v) is 2.60. The van der Waals surface area contributed by atoms with Crippen molar-refractivity contribution in [2.24, 2.45) is 0 Å². The molecule has 5 nitrogen and oxygen atoms in total. The van der Waals surface area contributed by atoms with Crippen LogP contribution in [0.1, 0.15) is 12.0 Å². The molecule has 3 rings (SSSR count). The van der Waals surface area contributed by atoms with Crippen molar-refractivity contribution in [3.8, 4) is 23.0 Å². The summed E-state index contributed by atoms with van der Waals surface area (Å²) < 4.78 is 16.8. The minimum atomic E-state index is -0.158. The van der Waals surface area contributed by atoms with Crippen LogP contribution in [-0.4, -0.2) is 19.6 Å². The Morgan fingerprint density at radius 3 is 2.21 bits per heavy atom. The third kappa shape index (κ3) is 5.27. The molecule has 0 heterocycles. The smallest absolute Gasteiger partial charge is 0.227 e. The van der Waals surface area contributed by atoms with Gasteiger partial charge in [-0.2, -0.15) is 0 Å². The molecule has 0 unspecified atom stereocenters. The Hall–Kier alpha value is -3.47. The van der Waals surface area contributed by atoms with Crippen LogP contribution >= 0.6 is 0 Å². The molecular weight excluding hydrogens is 354 g/mol. The first kappa shape index (κ1) is 19.3. The van der Waals surface area contributed by atoms with Crippen LogP contribution in [0.5, 0.6) is 23.0 Å². The van der Waals surface area contributed by atoms with Crippen molar-refractivity contribution in [3.63, 3.8) is 0 Å². The summed E-state index contributed by atoms with van der Waals surface area (Å²) in [6.45, 7) is 2.26. The fraction of sp³-hybridized carbons (Fsp3) is 0.174. The number of amides is 1. The van der Waals surface area contributed by atoms with E-state index in [0.717, 1.165) is 5.56 Å². The van der Waals surface area contributed by atoms with E-state index in [1.165, 1.54) is 0 Å². The first-order chi connectivity index (χ1) is 13.7. The highest BCUT2D eigenvalue weighted by Crippen LogP contribution is 2.30. The lowest BCUT2D eigenvalue weighted by Crippen LogP contribution is -2.15. The van der Waals surface area contributed by atoms with Crippen molar-refractivity contribution in [2.75, 3.05) is 19.0 Å². The molecule has 28 heavy (non-hydrogen) atoms. The summed E-state index contributed by atoms with van der Waals surface area (Å²) in [7, 11) is 1.58. The SMILES string of the molecule is COc1ccccc1OCCC(=O)Nc1ccccc1Oc1ccc(C)cc1. The minimum absolute atomic E-state index is 0.158. The van der Waals surface area contributed by atoms with Crippen LogP contribution in [-0.2, 0) is 4.79 Å². The number of methoxy groups -OCH3 is 1. The van der Waals surface area contributed by atoms with E-state index in [0.29, 0.717) is 28.7 Å². The number of carbonyl (C=O) groups excluding carboxylic acids is 1. The van der Waals surface area contributed by atoms with Crippen molar-refractivity contribution in [2.45, 2.75) is 13.3 Å². The first-order valence-electron chi connectivity index (χ1n) is 9.05. The monoisotopic (exact) mass is 377 g/mol. The highest BCUT2D eigenvalue weighted by Gasteiger charge is 2.10. The van der Waals surface area contributed by atoms with Crippen LogP contribution in [0.15, 0.2) is 72.8 Å². The molecule has 3 aromatic carbocycles. The van der Waals surface area contributed by atoms with Crippen molar-refractivity contribution in [3.05, 3.63) is 78.4 Å². The average molecular weight is 377 g/mol. The average Bonchev–Trinajstić information content (AvgIpc) is 2.71. The number of rotatable bonds is 8. The summed E-state index contributed by atoms with van der Waals surface area (Å²) in [5.74, 6) is 2.40. The van der Waals surface area contributed by atoms with E-state index in [-0.39, 0.29) is 18.9 Å². The van der Waals surface area contributed by atoms with Gasteiger partial charge in [-0.1, -0.05) is 42.0 Å². The second-order valence-corrected chi connectivity index (χ2v) is 6.21. The quantitative estimate of drug-likeness (QED) is 0.586. The van der Waals surface area contributed by atoms with E-state index in [4.69, 9.17) is 14.2 Å². The maximum atomic E-state index is 12.3. The number of ether oxygens (including phenoxy) is 3. The van der Waals surface area contributed by atoms with Gasteiger partial charge in [0.05, 0.1) is 25.8 Å². The van der Waals surface area contributed by atoms with E-state index >= 15 is 0 Å². The lowest BCUT2D eigenvalue weighted by atomic mass is 10.2. The number of nitrogens with one attached hydrogen (secondary N) is 1. The van der Waals surface area contributed by atoms with Crippen LogP contribution < -0.4 is 19.5 Å². The summed E-state index contributed by atoms with van der Waals surface area (Å²) in [6, 6.07) is 22.4. The molecule has 0 aromatic heterocycles. The van der Waals surface area contributed by atoms with Gasteiger partial charge in [0.1, 0.15) is 5.75 Å². The lowest BCUT2D eigenvalue weighted by Gasteiger charge is -2.13. The van der Waals surface area contributed by atoms with Gasteiger partial charge in [-0.25, -0.2) is 0 Å². The maximum Gasteiger partial charge on any atom is 0.227 e. The van der Waals surface area contributed by atoms with E-state index in [9.17, 15) is 4.79 Å². The second kappa shape index (κ2) is 9.46. The zero-order valence-electron chi connectivity index (χ0n) is 16.0.